The van der Waals surface area contributed by atoms with E-state index in [0.717, 1.165) is 34.6 Å². The molecule has 0 saturated heterocycles. The smallest absolute Gasteiger partial charge is 0.0453 e. The molecule has 0 heterocycles. The quantitative estimate of drug-likeness (QED) is 0.852. The molecule has 1 atom stereocenters. The zero-order valence-electron chi connectivity index (χ0n) is 12.2. The van der Waals surface area contributed by atoms with Crippen LogP contribution in [-0.2, 0) is 0 Å². The monoisotopic (exact) mass is 289 g/mol. The molecule has 4 aliphatic rings. The Labute approximate surface area is 127 Å². The van der Waals surface area contributed by atoms with Gasteiger partial charge in [0.15, 0.2) is 0 Å². The molecule has 4 bridgehead atoms. The molecule has 4 aliphatic carbocycles. The zero-order valence-corrected chi connectivity index (χ0v) is 12.9. The van der Waals surface area contributed by atoms with Crippen molar-refractivity contribution in [1.82, 2.24) is 5.32 Å². The molecule has 108 valence electrons. The Morgan fingerprint density at radius 1 is 1.00 bits per heavy atom. The Hall–Kier alpha value is -0.530. The first-order valence-electron chi connectivity index (χ1n) is 8.18. The van der Waals surface area contributed by atoms with Gasteiger partial charge >= 0.3 is 0 Å². The van der Waals surface area contributed by atoms with Crippen LogP contribution in [0, 0.1) is 29.6 Å². The molecule has 0 radical (unpaired) electrons. The number of benzene rings is 1. The van der Waals surface area contributed by atoms with Crippen LogP contribution < -0.4 is 5.32 Å². The number of rotatable bonds is 3. The fourth-order valence-corrected chi connectivity index (χ4v) is 6.05. The fourth-order valence-electron chi connectivity index (χ4n) is 5.79. The average Bonchev–Trinajstić information content (AvgIpc) is 2.43. The maximum atomic E-state index is 6.47. The first-order valence-corrected chi connectivity index (χ1v) is 8.55. The van der Waals surface area contributed by atoms with Crippen LogP contribution in [0.2, 0.25) is 5.02 Å². The molecule has 2 heteroatoms. The normalized spacial score (nSPS) is 40.0. The molecule has 1 unspecified atom stereocenters. The van der Waals surface area contributed by atoms with Crippen LogP contribution in [0.25, 0.3) is 0 Å². The highest BCUT2D eigenvalue weighted by atomic mass is 35.5. The lowest BCUT2D eigenvalue weighted by atomic mass is 9.50. The van der Waals surface area contributed by atoms with Crippen molar-refractivity contribution < 1.29 is 0 Å². The topological polar surface area (TPSA) is 12.0 Å². The van der Waals surface area contributed by atoms with Gasteiger partial charge in [0.2, 0.25) is 0 Å². The van der Waals surface area contributed by atoms with Crippen molar-refractivity contribution in [2.45, 2.75) is 38.1 Å². The number of hydrogen-bond acceptors (Lipinski definition) is 1. The van der Waals surface area contributed by atoms with Gasteiger partial charge in [0.05, 0.1) is 0 Å². The molecular weight excluding hydrogens is 266 g/mol. The van der Waals surface area contributed by atoms with Gasteiger partial charge in [-0.1, -0.05) is 29.8 Å². The third kappa shape index (κ3) is 2.02. The molecule has 5 rings (SSSR count). The zero-order chi connectivity index (χ0) is 13.7. The maximum absolute atomic E-state index is 6.47. The third-order valence-electron chi connectivity index (χ3n) is 6.24. The predicted octanol–water partition coefficient (Wildman–Crippen LogP) is 4.67. The molecule has 0 aliphatic heterocycles. The first-order chi connectivity index (χ1) is 9.76. The Balaban J connectivity index is 1.67. The molecule has 1 N–H and O–H groups in total. The van der Waals surface area contributed by atoms with Crippen LogP contribution in [-0.4, -0.2) is 7.05 Å². The molecule has 4 saturated carbocycles. The summed E-state index contributed by atoms with van der Waals surface area (Å²) in [5, 5.41) is 4.53. The second-order valence-corrected chi connectivity index (χ2v) is 7.70. The summed E-state index contributed by atoms with van der Waals surface area (Å²) in [6, 6.07) is 8.86. The molecule has 0 amide bonds. The van der Waals surface area contributed by atoms with Crippen molar-refractivity contribution in [3.63, 3.8) is 0 Å². The molecule has 0 spiro atoms. The molecule has 1 nitrogen and oxygen atoms in total. The van der Waals surface area contributed by atoms with Crippen LogP contribution in [0.4, 0.5) is 0 Å². The summed E-state index contributed by atoms with van der Waals surface area (Å²) in [6.07, 6.45) is 7.41. The third-order valence-corrected chi connectivity index (χ3v) is 6.58. The molecule has 1 aromatic carbocycles. The summed E-state index contributed by atoms with van der Waals surface area (Å²) < 4.78 is 0. The summed E-state index contributed by atoms with van der Waals surface area (Å²) in [5.74, 6) is 4.74. The van der Waals surface area contributed by atoms with Gasteiger partial charge in [-0.2, -0.15) is 0 Å². The minimum absolute atomic E-state index is 0.443. The Kier molecular flexibility index (Phi) is 3.31. The van der Waals surface area contributed by atoms with Gasteiger partial charge in [0.25, 0.3) is 0 Å². The molecular formula is C18H24ClN. The summed E-state index contributed by atoms with van der Waals surface area (Å²) in [6.45, 7) is 0. The maximum Gasteiger partial charge on any atom is 0.0453 e. The second-order valence-electron chi connectivity index (χ2n) is 7.30. The lowest BCUT2D eigenvalue weighted by molar-refractivity contribution is -0.0515. The van der Waals surface area contributed by atoms with Gasteiger partial charge in [-0.3, -0.25) is 0 Å². The largest absolute Gasteiger partial charge is 0.313 e. The number of hydrogen-bond donors (Lipinski definition) is 1. The SMILES string of the molecule is CNC(c1ccccc1Cl)C1C2CC3CC(C2)CC1C3. The van der Waals surface area contributed by atoms with E-state index in [4.69, 9.17) is 11.6 Å². The summed E-state index contributed by atoms with van der Waals surface area (Å²) >= 11 is 6.47. The van der Waals surface area contributed by atoms with Crippen LogP contribution in [0.15, 0.2) is 24.3 Å². The summed E-state index contributed by atoms with van der Waals surface area (Å²) in [7, 11) is 2.11. The lowest BCUT2D eigenvalue weighted by Gasteiger charge is -2.56. The average molecular weight is 290 g/mol. The molecule has 0 aromatic heterocycles. The van der Waals surface area contributed by atoms with Gasteiger partial charge in [-0.15, -0.1) is 0 Å². The van der Waals surface area contributed by atoms with Crippen molar-refractivity contribution in [3.05, 3.63) is 34.9 Å². The van der Waals surface area contributed by atoms with E-state index in [1.807, 2.05) is 12.1 Å². The first kappa shape index (κ1) is 13.2. The van der Waals surface area contributed by atoms with Crippen molar-refractivity contribution in [2.75, 3.05) is 7.05 Å². The van der Waals surface area contributed by atoms with E-state index >= 15 is 0 Å². The fraction of sp³-hybridized carbons (Fsp3) is 0.667. The second kappa shape index (κ2) is 5.03. The Bertz CT molecular complexity index is 470. The van der Waals surface area contributed by atoms with Crippen LogP contribution in [0.1, 0.15) is 43.7 Å². The van der Waals surface area contributed by atoms with E-state index in [2.05, 4.69) is 24.5 Å². The number of nitrogens with one attached hydrogen (secondary N) is 1. The van der Waals surface area contributed by atoms with Gasteiger partial charge in [0, 0.05) is 11.1 Å². The highest BCUT2D eigenvalue weighted by Gasteiger charge is 2.50. The summed E-state index contributed by atoms with van der Waals surface area (Å²) in [5.41, 5.74) is 1.31. The van der Waals surface area contributed by atoms with Gasteiger partial charge in [-0.05, 0) is 80.4 Å². The van der Waals surface area contributed by atoms with Gasteiger partial charge in [-0.25, -0.2) is 0 Å². The predicted molar refractivity (Wildman–Crippen MR) is 83.8 cm³/mol. The minimum atomic E-state index is 0.443. The van der Waals surface area contributed by atoms with Crippen molar-refractivity contribution in [1.29, 1.82) is 0 Å². The van der Waals surface area contributed by atoms with Crippen molar-refractivity contribution in [2.24, 2.45) is 29.6 Å². The van der Waals surface area contributed by atoms with E-state index < -0.39 is 0 Å². The van der Waals surface area contributed by atoms with E-state index in [-0.39, 0.29) is 0 Å². The van der Waals surface area contributed by atoms with E-state index in [1.165, 1.54) is 37.7 Å². The molecule has 20 heavy (non-hydrogen) atoms. The standard InChI is InChI=1S/C18H24ClN/c1-20-18(15-4-2-3-5-16(15)19)17-13-7-11-6-12(9-13)10-14(17)8-11/h2-5,11-14,17-18,20H,6-10H2,1H3. The van der Waals surface area contributed by atoms with E-state index in [1.54, 1.807) is 0 Å². The molecule has 4 fully saturated rings. The van der Waals surface area contributed by atoms with Crippen LogP contribution in [0.5, 0.6) is 0 Å². The van der Waals surface area contributed by atoms with E-state index in [0.29, 0.717) is 6.04 Å². The lowest BCUT2D eigenvalue weighted by Crippen LogP contribution is -2.49. The van der Waals surface area contributed by atoms with Crippen molar-refractivity contribution >= 4 is 11.6 Å². The molecule has 1 aromatic rings. The minimum Gasteiger partial charge on any atom is -0.313 e. The van der Waals surface area contributed by atoms with Crippen molar-refractivity contribution in [3.8, 4) is 0 Å². The summed E-state index contributed by atoms with van der Waals surface area (Å²) in [4.78, 5) is 0. The van der Waals surface area contributed by atoms with Crippen LogP contribution in [0.3, 0.4) is 0 Å². The van der Waals surface area contributed by atoms with Gasteiger partial charge in [0.1, 0.15) is 0 Å². The highest BCUT2D eigenvalue weighted by Crippen LogP contribution is 2.59. The highest BCUT2D eigenvalue weighted by molar-refractivity contribution is 6.31. The van der Waals surface area contributed by atoms with E-state index in [9.17, 15) is 0 Å². The Morgan fingerprint density at radius 2 is 1.60 bits per heavy atom. The van der Waals surface area contributed by atoms with Crippen LogP contribution >= 0.6 is 11.6 Å². The number of halogens is 1. The Morgan fingerprint density at radius 3 is 2.15 bits per heavy atom. The van der Waals surface area contributed by atoms with Gasteiger partial charge < -0.3 is 5.32 Å².